The van der Waals surface area contributed by atoms with Crippen LogP contribution in [-0.4, -0.2) is 48.4 Å². The highest BCUT2D eigenvalue weighted by Gasteiger charge is 2.14. The number of hydrogen-bond acceptors (Lipinski definition) is 8. The summed E-state index contributed by atoms with van der Waals surface area (Å²) in [5, 5.41) is 23.4. The molecule has 164 valence electrons. The largest absolute Gasteiger partial charge is 0.493 e. The van der Waals surface area contributed by atoms with Crippen LogP contribution in [0.15, 0.2) is 44.4 Å². The molecule has 0 aromatic heterocycles. The van der Waals surface area contributed by atoms with E-state index in [1.54, 1.807) is 12.1 Å². The summed E-state index contributed by atoms with van der Waals surface area (Å²) in [7, 11) is 1.45. The van der Waals surface area contributed by atoms with Crippen molar-refractivity contribution < 1.29 is 33.8 Å². The van der Waals surface area contributed by atoms with Crippen LogP contribution >= 0.6 is 31.9 Å². The molecule has 1 amide bonds. The molecule has 2 aromatic carbocycles. The van der Waals surface area contributed by atoms with Gasteiger partial charge in [-0.3, -0.25) is 14.9 Å². The Bertz CT molecular complexity index is 1030. The van der Waals surface area contributed by atoms with E-state index >= 15 is 0 Å². The Morgan fingerprint density at radius 1 is 1.19 bits per heavy atom. The number of nitrogens with zero attached hydrogens (tertiary/aromatic N) is 2. The van der Waals surface area contributed by atoms with Gasteiger partial charge in [0.2, 0.25) is 0 Å². The van der Waals surface area contributed by atoms with Gasteiger partial charge < -0.3 is 19.3 Å². The van der Waals surface area contributed by atoms with E-state index in [1.165, 1.54) is 13.2 Å². The zero-order valence-corrected chi connectivity index (χ0v) is 19.0. The normalized spacial score (nSPS) is 10.5. The Morgan fingerprint density at radius 3 is 2.58 bits per heavy atom. The lowest BCUT2D eigenvalue weighted by Crippen LogP contribution is -2.24. The number of ether oxygens (including phenoxy) is 3. The number of methoxy groups -OCH3 is 1. The predicted octanol–water partition coefficient (Wildman–Crippen LogP) is 3.12. The van der Waals surface area contributed by atoms with Crippen molar-refractivity contribution in [3.63, 3.8) is 0 Å². The van der Waals surface area contributed by atoms with Crippen molar-refractivity contribution in [3.8, 4) is 17.2 Å². The van der Waals surface area contributed by atoms with E-state index in [0.717, 1.165) is 22.8 Å². The van der Waals surface area contributed by atoms with Crippen molar-refractivity contribution in [2.75, 3.05) is 20.3 Å². The number of carboxylic acids is 1. The number of amides is 1. The molecule has 0 atom stereocenters. The SMILES string of the molecule is COc1cc(Br)cc(Br)c1OCC(=O)N/N=C/c1cc([N+](=O)[O-])ccc1OCC(=O)O. The first kappa shape index (κ1) is 24.1. The molecule has 2 N–H and O–H groups in total. The molecule has 0 radical (unpaired) electrons. The fourth-order valence-electron chi connectivity index (χ4n) is 2.19. The van der Waals surface area contributed by atoms with Gasteiger partial charge in [0.25, 0.3) is 11.6 Å². The first-order valence-electron chi connectivity index (χ1n) is 8.32. The summed E-state index contributed by atoms with van der Waals surface area (Å²) in [6, 6.07) is 6.91. The van der Waals surface area contributed by atoms with E-state index in [4.69, 9.17) is 19.3 Å². The molecule has 0 heterocycles. The van der Waals surface area contributed by atoms with Crippen molar-refractivity contribution in [2.24, 2.45) is 5.10 Å². The topological polar surface area (TPSA) is 150 Å². The number of nitro benzene ring substituents is 1. The minimum absolute atomic E-state index is 0.0470. The Kier molecular flexibility index (Phi) is 8.75. The summed E-state index contributed by atoms with van der Waals surface area (Å²) in [5.74, 6) is -1.08. The number of rotatable bonds is 10. The van der Waals surface area contributed by atoms with E-state index in [0.29, 0.717) is 16.0 Å². The lowest BCUT2D eigenvalue weighted by Gasteiger charge is -2.12. The molecule has 13 heteroatoms. The van der Waals surface area contributed by atoms with Crippen LogP contribution in [0, 0.1) is 10.1 Å². The third-order valence-corrected chi connectivity index (χ3v) is 4.54. The summed E-state index contributed by atoms with van der Waals surface area (Å²) in [6.45, 7) is -1.05. The quantitative estimate of drug-likeness (QED) is 0.255. The fraction of sp³-hybridized carbons (Fsp3) is 0.167. The van der Waals surface area contributed by atoms with Gasteiger partial charge in [-0.1, -0.05) is 15.9 Å². The molecule has 0 saturated heterocycles. The number of nitro groups is 1. The first-order chi connectivity index (χ1) is 14.7. The molecule has 0 bridgehead atoms. The number of carboxylic acid groups (broad SMARTS) is 1. The van der Waals surface area contributed by atoms with Crippen LogP contribution in [0.3, 0.4) is 0 Å². The van der Waals surface area contributed by atoms with Crippen molar-refractivity contribution in [1.82, 2.24) is 5.43 Å². The molecule has 2 rings (SSSR count). The summed E-state index contributed by atoms with van der Waals surface area (Å²) in [5.41, 5.74) is 2.06. The lowest BCUT2D eigenvalue weighted by atomic mass is 10.2. The van der Waals surface area contributed by atoms with Gasteiger partial charge in [0.15, 0.2) is 24.7 Å². The molecule has 0 aliphatic carbocycles. The van der Waals surface area contributed by atoms with Gasteiger partial charge in [-0.25, -0.2) is 10.2 Å². The zero-order chi connectivity index (χ0) is 23.0. The first-order valence-corrected chi connectivity index (χ1v) is 9.90. The molecule has 0 fully saturated rings. The average molecular weight is 561 g/mol. The van der Waals surface area contributed by atoms with E-state index < -0.39 is 30.0 Å². The zero-order valence-electron chi connectivity index (χ0n) is 15.8. The Labute approximate surface area is 192 Å². The van der Waals surface area contributed by atoms with Crippen LogP contribution in [0.5, 0.6) is 17.2 Å². The van der Waals surface area contributed by atoms with Crippen LogP contribution in [0.4, 0.5) is 5.69 Å². The van der Waals surface area contributed by atoms with E-state index in [2.05, 4.69) is 42.4 Å². The maximum Gasteiger partial charge on any atom is 0.341 e. The Hall–Kier alpha value is -3.19. The number of carbonyl (C=O) groups excluding carboxylic acids is 1. The average Bonchev–Trinajstić information content (AvgIpc) is 2.71. The minimum atomic E-state index is -1.22. The van der Waals surface area contributed by atoms with E-state index in [9.17, 15) is 19.7 Å². The predicted molar refractivity (Wildman–Crippen MR) is 116 cm³/mol. The van der Waals surface area contributed by atoms with Gasteiger partial charge in [0.05, 0.1) is 22.7 Å². The maximum atomic E-state index is 12.0. The van der Waals surface area contributed by atoms with Crippen molar-refractivity contribution >= 4 is 55.6 Å². The van der Waals surface area contributed by atoms with Crippen molar-refractivity contribution in [3.05, 3.63) is 55.0 Å². The lowest BCUT2D eigenvalue weighted by molar-refractivity contribution is -0.384. The molecular weight excluding hydrogens is 546 g/mol. The maximum absolute atomic E-state index is 12.0. The summed E-state index contributed by atoms with van der Waals surface area (Å²) >= 11 is 6.63. The van der Waals surface area contributed by atoms with Crippen molar-refractivity contribution in [1.29, 1.82) is 0 Å². The molecule has 0 aliphatic heterocycles. The van der Waals surface area contributed by atoms with Crippen LogP contribution in [0.25, 0.3) is 0 Å². The molecule has 31 heavy (non-hydrogen) atoms. The summed E-state index contributed by atoms with van der Waals surface area (Å²) in [4.78, 5) is 33.0. The number of hydrogen-bond donors (Lipinski definition) is 2. The second kappa shape index (κ2) is 11.3. The monoisotopic (exact) mass is 559 g/mol. The molecular formula is C18H15Br2N3O8. The second-order valence-corrected chi connectivity index (χ2v) is 7.43. The Balaban J connectivity index is 2.06. The molecule has 0 unspecified atom stereocenters. The number of halogens is 2. The highest BCUT2D eigenvalue weighted by atomic mass is 79.9. The van der Waals surface area contributed by atoms with E-state index in [-0.39, 0.29) is 17.0 Å². The van der Waals surface area contributed by atoms with Gasteiger partial charge >= 0.3 is 5.97 Å². The smallest absolute Gasteiger partial charge is 0.341 e. The standard InChI is InChI=1S/C18H15Br2N3O8/c1-29-15-6-11(19)5-13(20)18(15)31-8-16(24)22-21-7-10-4-12(23(27)28)2-3-14(10)30-9-17(25)26/h2-7H,8-9H2,1H3,(H,22,24)(H,25,26)/b21-7+. The number of non-ortho nitro benzene ring substituents is 1. The van der Waals surface area contributed by atoms with Gasteiger partial charge in [-0.05, 0) is 34.1 Å². The third kappa shape index (κ3) is 7.22. The van der Waals surface area contributed by atoms with Gasteiger partial charge in [0, 0.05) is 22.2 Å². The summed E-state index contributed by atoms with van der Waals surface area (Å²) in [6.07, 6.45) is 1.10. The second-order valence-electron chi connectivity index (χ2n) is 5.66. The van der Waals surface area contributed by atoms with Gasteiger partial charge in [0.1, 0.15) is 5.75 Å². The number of hydrazone groups is 1. The number of benzene rings is 2. The minimum Gasteiger partial charge on any atom is -0.493 e. The van der Waals surface area contributed by atoms with Crippen LogP contribution in [-0.2, 0) is 9.59 Å². The molecule has 11 nitrogen and oxygen atoms in total. The molecule has 0 spiro atoms. The van der Waals surface area contributed by atoms with Gasteiger partial charge in [-0.15, -0.1) is 0 Å². The number of carbonyl (C=O) groups is 2. The number of aliphatic carboxylic acids is 1. The van der Waals surface area contributed by atoms with E-state index in [1.807, 2.05) is 0 Å². The molecule has 0 aliphatic rings. The van der Waals surface area contributed by atoms with Crippen LogP contribution in [0.2, 0.25) is 0 Å². The summed E-state index contributed by atoms with van der Waals surface area (Å²) < 4.78 is 17.0. The van der Waals surface area contributed by atoms with Crippen LogP contribution in [0.1, 0.15) is 5.56 Å². The highest BCUT2D eigenvalue weighted by molar-refractivity contribution is 9.11. The van der Waals surface area contributed by atoms with Gasteiger partial charge in [-0.2, -0.15) is 5.10 Å². The molecule has 0 saturated carbocycles. The van der Waals surface area contributed by atoms with Crippen molar-refractivity contribution in [2.45, 2.75) is 0 Å². The molecule has 2 aromatic rings. The Morgan fingerprint density at radius 2 is 1.94 bits per heavy atom. The highest BCUT2D eigenvalue weighted by Crippen LogP contribution is 2.38. The third-order valence-electron chi connectivity index (χ3n) is 3.49. The fourth-order valence-corrected chi connectivity index (χ4v) is 3.49. The van der Waals surface area contributed by atoms with Crippen LogP contribution < -0.4 is 19.6 Å². The number of nitrogens with one attached hydrogen (secondary N) is 1.